The molecule has 0 amide bonds. The van der Waals surface area contributed by atoms with Gasteiger partial charge in [0.2, 0.25) is 0 Å². The van der Waals surface area contributed by atoms with Crippen LogP contribution in [0.5, 0.6) is 0 Å². The lowest BCUT2D eigenvalue weighted by molar-refractivity contribution is 0.155. The number of aryl methyl sites for hydroxylation is 2. The molecule has 4 aromatic rings. The van der Waals surface area contributed by atoms with E-state index in [0.29, 0.717) is 5.52 Å². The van der Waals surface area contributed by atoms with Gasteiger partial charge in [-0.3, -0.25) is 4.79 Å². The van der Waals surface area contributed by atoms with Crippen molar-refractivity contribution in [2.45, 2.75) is 26.5 Å². The highest BCUT2D eigenvalue weighted by Gasteiger charge is 2.13. The van der Waals surface area contributed by atoms with E-state index in [1.807, 2.05) is 62.4 Å². The third kappa shape index (κ3) is 3.41. The van der Waals surface area contributed by atoms with Crippen molar-refractivity contribution < 1.29 is 5.11 Å². The molecule has 0 aliphatic carbocycles. The van der Waals surface area contributed by atoms with Crippen molar-refractivity contribution in [3.05, 3.63) is 94.0 Å². The van der Waals surface area contributed by atoms with Crippen LogP contribution in [0.1, 0.15) is 22.8 Å². The van der Waals surface area contributed by atoms with Gasteiger partial charge in [-0.25, -0.2) is 4.52 Å². The number of benzene rings is 2. The number of rotatable bonds is 4. The number of nitrogens with zero attached hydrogens (tertiary/aromatic N) is 3. The first kappa shape index (κ1) is 17.2. The Labute approximate surface area is 157 Å². The van der Waals surface area contributed by atoms with Gasteiger partial charge in [0.15, 0.2) is 0 Å². The Bertz CT molecular complexity index is 1140. The van der Waals surface area contributed by atoms with Crippen molar-refractivity contribution in [3.8, 4) is 11.3 Å². The van der Waals surface area contributed by atoms with E-state index in [0.717, 1.165) is 22.4 Å². The SMILES string of the molecule is Cc1ccc(-c2cc3c(=O)n(CC(O)c4ccc(C)cc4)ccn3n2)cc1. The third-order valence-corrected chi connectivity index (χ3v) is 4.78. The first-order valence-corrected chi connectivity index (χ1v) is 8.92. The average molecular weight is 359 g/mol. The Morgan fingerprint density at radius 1 is 0.963 bits per heavy atom. The summed E-state index contributed by atoms with van der Waals surface area (Å²) in [4.78, 5) is 12.8. The molecule has 0 fully saturated rings. The van der Waals surface area contributed by atoms with Crippen molar-refractivity contribution in [1.29, 1.82) is 0 Å². The monoisotopic (exact) mass is 359 g/mol. The predicted molar refractivity (Wildman–Crippen MR) is 106 cm³/mol. The fraction of sp³-hybridized carbons (Fsp3) is 0.182. The minimum absolute atomic E-state index is 0.172. The molecule has 27 heavy (non-hydrogen) atoms. The van der Waals surface area contributed by atoms with Crippen LogP contribution in [-0.2, 0) is 6.54 Å². The number of hydrogen-bond acceptors (Lipinski definition) is 3. The predicted octanol–water partition coefficient (Wildman–Crippen LogP) is 3.51. The number of fused-ring (bicyclic) bond motifs is 1. The van der Waals surface area contributed by atoms with E-state index in [1.165, 1.54) is 10.1 Å². The molecule has 136 valence electrons. The normalized spacial score (nSPS) is 12.4. The maximum atomic E-state index is 12.8. The highest BCUT2D eigenvalue weighted by molar-refractivity contribution is 5.65. The average Bonchev–Trinajstić information content (AvgIpc) is 3.10. The topological polar surface area (TPSA) is 59.5 Å². The Hall–Kier alpha value is -3.18. The van der Waals surface area contributed by atoms with Gasteiger partial charge in [-0.2, -0.15) is 5.10 Å². The first-order chi connectivity index (χ1) is 13.0. The molecule has 1 N–H and O–H groups in total. The zero-order valence-corrected chi connectivity index (χ0v) is 15.3. The fourth-order valence-corrected chi connectivity index (χ4v) is 3.12. The lowest BCUT2D eigenvalue weighted by Gasteiger charge is -2.13. The first-order valence-electron chi connectivity index (χ1n) is 8.92. The van der Waals surface area contributed by atoms with Crippen LogP contribution in [0.25, 0.3) is 16.8 Å². The number of aliphatic hydroxyl groups excluding tert-OH is 1. The Morgan fingerprint density at radius 2 is 1.59 bits per heavy atom. The lowest BCUT2D eigenvalue weighted by atomic mass is 10.1. The van der Waals surface area contributed by atoms with Crippen LogP contribution in [0.3, 0.4) is 0 Å². The van der Waals surface area contributed by atoms with Crippen molar-refractivity contribution in [2.75, 3.05) is 0 Å². The van der Waals surface area contributed by atoms with E-state index in [2.05, 4.69) is 5.10 Å². The molecule has 5 heteroatoms. The quantitative estimate of drug-likeness (QED) is 0.607. The molecular weight excluding hydrogens is 338 g/mol. The van der Waals surface area contributed by atoms with Crippen molar-refractivity contribution in [2.24, 2.45) is 0 Å². The summed E-state index contributed by atoms with van der Waals surface area (Å²) in [5.74, 6) is 0. The summed E-state index contributed by atoms with van der Waals surface area (Å²) in [7, 11) is 0. The van der Waals surface area contributed by atoms with Crippen LogP contribution in [0.15, 0.2) is 71.8 Å². The largest absolute Gasteiger partial charge is 0.387 e. The van der Waals surface area contributed by atoms with Crippen molar-refractivity contribution in [1.82, 2.24) is 14.2 Å². The van der Waals surface area contributed by atoms with Crippen LogP contribution in [0.2, 0.25) is 0 Å². The second kappa shape index (κ2) is 6.85. The zero-order chi connectivity index (χ0) is 19.0. The summed E-state index contributed by atoms with van der Waals surface area (Å²) in [6.45, 7) is 4.23. The number of aromatic nitrogens is 3. The Kier molecular flexibility index (Phi) is 4.38. The molecule has 4 rings (SSSR count). The smallest absolute Gasteiger partial charge is 0.276 e. The maximum absolute atomic E-state index is 12.8. The van der Waals surface area contributed by atoms with Crippen LogP contribution in [-0.4, -0.2) is 19.3 Å². The van der Waals surface area contributed by atoms with Gasteiger partial charge in [-0.1, -0.05) is 59.7 Å². The van der Waals surface area contributed by atoms with Gasteiger partial charge in [0.25, 0.3) is 5.56 Å². The molecule has 2 aromatic carbocycles. The second-order valence-electron chi connectivity index (χ2n) is 6.91. The summed E-state index contributed by atoms with van der Waals surface area (Å²) in [5, 5.41) is 15.0. The summed E-state index contributed by atoms with van der Waals surface area (Å²) in [5.41, 5.74) is 5.14. The standard InChI is InChI=1S/C22H21N3O2/c1-15-3-7-17(8-4-15)19-13-20-22(27)24(11-12-25(20)23-19)14-21(26)18-9-5-16(2)6-10-18/h3-13,21,26H,14H2,1-2H3. The van der Waals surface area contributed by atoms with E-state index >= 15 is 0 Å². The minimum Gasteiger partial charge on any atom is -0.387 e. The molecular formula is C22H21N3O2. The molecule has 0 saturated carbocycles. The number of aliphatic hydroxyl groups is 1. The van der Waals surface area contributed by atoms with Crippen LogP contribution >= 0.6 is 0 Å². The minimum atomic E-state index is -0.745. The lowest BCUT2D eigenvalue weighted by Crippen LogP contribution is -2.24. The highest BCUT2D eigenvalue weighted by atomic mass is 16.3. The molecule has 0 spiro atoms. The van der Waals surface area contributed by atoms with E-state index < -0.39 is 6.10 Å². The molecule has 0 aliphatic heterocycles. The Morgan fingerprint density at radius 3 is 2.26 bits per heavy atom. The molecule has 0 bridgehead atoms. The van der Waals surface area contributed by atoms with E-state index in [4.69, 9.17) is 0 Å². The summed E-state index contributed by atoms with van der Waals surface area (Å²) in [6, 6.07) is 17.5. The van der Waals surface area contributed by atoms with Crippen molar-refractivity contribution in [3.63, 3.8) is 0 Å². The van der Waals surface area contributed by atoms with Gasteiger partial charge in [-0.15, -0.1) is 0 Å². The van der Waals surface area contributed by atoms with E-state index in [-0.39, 0.29) is 12.1 Å². The van der Waals surface area contributed by atoms with E-state index in [1.54, 1.807) is 23.0 Å². The second-order valence-corrected chi connectivity index (χ2v) is 6.91. The summed E-state index contributed by atoms with van der Waals surface area (Å²) >= 11 is 0. The molecule has 0 saturated heterocycles. The zero-order valence-electron chi connectivity index (χ0n) is 15.3. The number of hydrogen-bond donors (Lipinski definition) is 1. The van der Waals surface area contributed by atoms with Gasteiger partial charge in [0, 0.05) is 18.0 Å². The summed E-state index contributed by atoms with van der Waals surface area (Å²) < 4.78 is 3.12. The van der Waals surface area contributed by atoms with Crippen molar-refractivity contribution >= 4 is 5.52 Å². The van der Waals surface area contributed by atoms with E-state index in [9.17, 15) is 9.90 Å². The molecule has 0 aliphatic rings. The molecule has 2 aromatic heterocycles. The molecule has 0 radical (unpaired) electrons. The van der Waals surface area contributed by atoms with Gasteiger partial charge >= 0.3 is 0 Å². The molecule has 1 atom stereocenters. The van der Waals surface area contributed by atoms with Crippen LogP contribution in [0, 0.1) is 13.8 Å². The van der Waals surface area contributed by atoms with Gasteiger partial charge in [0.05, 0.1) is 18.3 Å². The van der Waals surface area contributed by atoms with Gasteiger partial charge < -0.3 is 9.67 Å². The molecule has 2 heterocycles. The van der Waals surface area contributed by atoms with Crippen LogP contribution < -0.4 is 5.56 Å². The third-order valence-electron chi connectivity index (χ3n) is 4.78. The van der Waals surface area contributed by atoms with Gasteiger partial charge in [-0.05, 0) is 25.5 Å². The van der Waals surface area contributed by atoms with Gasteiger partial charge in [0.1, 0.15) is 5.52 Å². The molecule has 5 nitrogen and oxygen atoms in total. The fourth-order valence-electron chi connectivity index (χ4n) is 3.12. The maximum Gasteiger partial charge on any atom is 0.276 e. The van der Waals surface area contributed by atoms with Crippen LogP contribution in [0.4, 0.5) is 0 Å². The highest BCUT2D eigenvalue weighted by Crippen LogP contribution is 2.19. The molecule has 1 unspecified atom stereocenters. The Balaban J connectivity index is 1.66. The summed E-state index contributed by atoms with van der Waals surface area (Å²) in [6.07, 6.45) is 2.67.